The molecule has 0 radical (unpaired) electrons. The van der Waals surface area contributed by atoms with Gasteiger partial charge in [-0.25, -0.2) is 0 Å². The summed E-state index contributed by atoms with van der Waals surface area (Å²) in [6.07, 6.45) is 0.893. The number of nitrogens with zero attached hydrogens (tertiary/aromatic N) is 2. The van der Waals surface area contributed by atoms with Crippen LogP contribution in [0.1, 0.15) is 38.4 Å². The molecule has 2 saturated heterocycles. The minimum atomic E-state index is -0.656. The minimum absolute atomic E-state index is 0.0496. The van der Waals surface area contributed by atoms with Gasteiger partial charge in [-0.2, -0.15) is 0 Å². The Labute approximate surface area is 140 Å². The molecule has 1 aromatic rings. The van der Waals surface area contributed by atoms with Crippen LogP contribution < -0.4 is 0 Å². The quantitative estimate of drug-likeness (QED) is 0.631. The van der Waals surface area contributed by atoms with Gasteiger partial charge < -0.3 is 9.64 Å². The average Bonchev–Trinajstić information content (AvgIpc) is 3.07. The molecule has 3 fully saturated rings. The van der Waals surface area contributed by atoms with Gasteiger partial charge in [-0.15, -0.1) is 0 Å². The summed E-state index contributed by atoms with van der Waals surface area (Å²) < 4.78 is 6.53. The van der Waals surface area contributed by atoms with Crippen LogP contribution in [0.5, 0.6) is 0 Å². The van der Waals surface area contributed by atoms with Gasteiger partial charge in [0.15, 0.2) is 0 Å². The van der Waals surface area contributed by atoms with Gasteiger partial charge in [-0.3, -0.25) is 14.9 Å². The summed E-state index contributed by atoms with van der Waals surface area (Å²) in [6.45, 7) is 3.99. The van der Waals surface area contributed by atoms with E-state index in [0.29, 0.717) is 12.8 Å². The summed E-state index contributed by atoms with van der Waals surface area (Å²) >= 11 is 0. The lowest BCUT2D eigenvalue weighted by molar-refractivity contribution is -0.491. The normalized spacial score (nSPS) is 40.7. The third kappa shape index (κ3) is 2.02. The molecule has 6 nitrogen and oxygen atoms in total. The third-order valence-corrected chi connectivity index (χ3v) is 6.18. The molecule has 0 unspecified atom stereocenters. The van der Waals surface area contributed by atoms with Crippen LogP contribution in [0.15, 0.2) is 30.3 Å². The fraction of sp³-hybridized carbons (Fsp3) is 0.611. The van der Waals surface area contributed by atoms with Crippen molar-refractivity contribution in [1.29, 1.82) is 0 Å². The van der Waals surface area contributed by atoms with Crippen LogP contribution in [-0.2, 0) is 9.53 Å². The largest absolute Gasteiger partial charge is 0.345 e. The van der Waals surface area contributed by atoms with Crippen molar-refractivity contribution in [1.82, 2.24) is 4.90 Å². The van der Waals surface area contributed by atoms with Gasteiger partial charge >= 0.3 is 0 Å². The highest BCUT2D eigenvalue weighted by atomic mass is 16.6. The molecule has 0 N–H and O–H groups in total. The van der Waals surface area contributed by atoms with E-state index in [1.165, 1.54) is 0 Å². The lowest BCUT2D eigenvalue weighted by Crippen LogP contribution is -2.46. The van der Waals surface area contributed by atoms with E-state index in [4.69, 9.17) is 4.74 Å². The summed E-state index contributed by atoms with van der Waals surface area (Å²) in [6, 6.07) is 9.89. The number of carbonyl (C=O) groups is 1. The number of nitro groups is 1. The third-order valence-electron chi connectivity index (χ3n) is 6.18. The van der Waals surface area contributed by atoms with Gasteiger partial charge in [0.1, 0.15) is 11.8 Å². The Kier molecular flexibility index (Phi) is 3.42. The van der Waals surface area contributed by atoms with Crippen molar-refractivity contribution in [3.8, 4) is 0 Å². The lowest BCUT2D eigenvalue weighted by Gasteiger charge is -2.32. The number of carbonyl (C=O) groups excluding carboxylic acids is 1. The average molecular weight is 330 g/mol. The molecule has 4 rings (SSSR count). The van der Waals surface area contributed by atoms with Crippen molar-refractivity contribution in [3.05, 3.63) is 46.0 Å². The van der Waals surface area contributed by atoms with Gasteiger partial charge in [0.05, 0.1) is 6.04 Å². The smallest absolute Gasteiger partial charge is 0.225 e. The van der Waals surface area contributed by atoms with Crippen LogP contribution >= 0.6 is 0 Å². The first-order chi connectivity index (χ1) is 11.4. The molecule has 1 aromatic carbocycles. The molecule has 6 atom stereocenters. The predicted octanol–water partition coefficient (Wildman–Crippen LogP) is 2.62. The first-order valence-electron chi connectivity index (χ1n) is 8.61. The molecule has 0 aromatic heterocycles. The molecule has 1 spiro atoms. The second-order valence-corrected chi connectivity index (χ2v) is 7.47. The Morgan fingerprint density at radius 2 is 2.04 bits per heavy atom. The Morgan fingerprint density at radius 3 is 2.71 bits per heavy atom. The fourth-order valence-electron chi connectivity index (χ4n) is 5.27. The van der Waals surface area contributed by atoms with Gasteiger partial charge in [0.2, 0.25) is 12.5 Å². The van der Waals surface area contributed by atoms with Crippen LogP contribution in [0.25, 0.3) is 0 Å². The zero-order chi connectivity index (χ0) is 17.1. The highest BCUT2D eigenvalue weighted by Gasteiger charge is 2.68. The standard InChI is InChI=1S/C18H22N2O4/c1-11-9-18-15(14(11)10-19(22)23)8-16(21)20(18)12(2)17(24-18)13-6-4-3-5-7-13/h3-7,11-12,14-15,17H,8-10H2,1-2H3/t11-,12+,14+,15-,17-,18-/m0/s1. The van der Waals surface area contributed by atoms with Crippen LogP contribution in [0.3, 0.4) is 0 Å². The van der Waals surface area contributed by atoms with Gasteiger partial charge in [0, 0.05) is 23.2 Å². The minimum Gasteiger partial charge on any atom is -0.345 e. The SMILES string of the molecule is C[C@@H]1[C@@H](c2ccccc2)O[C@@]23C[C@H](C)[C@@H](C[N+](=O)[O-])[C@@H]2CC(=O)N13. The van der Waals surface area contributed by atoms with E-state index in [9.17, 15) is 14.9 Å². The van der Waals surface area contributed by atoms with Crippen LogP contribution in [0.4, 0.5) is 0 Å². The number of hydrogen-bond acceptors (Lipinski definition) is 4. The van der Waals surface area contributed by atoms with Crippen molar-refractivity contribution >= 4 is 5.91 Å². The Balaban J connectivity index is 1.70. The topological polar surface area (TPSA) is 72.7 Å². The summed E-state index contributed by atoms with van der Waals surface area (Å²) in [7, 11) is 0. The molecule has 6 heteroatoms. The van der Waals surface area contributed by atoms with E-state index in [1.54, 1.807) is 0 Å². The first kappa shape index (κ1) is 15.6. The molecular formula is C18H22N2O4. The van der Waals surface area contributed by atoms with Gasteiger partial charge in [-0.05, 0) is 24.8 Å². The van der Waals surface area contributed by atoms with Crippen molar-refractivity contribution in [2.75, 3.05) is 6.54 Å². The number of hydrogen-bond donors (Lipinski definition) is 0. The van der Waals surface area contributed by atoms with Crippen molar-refractivity contribution in [2.24, 2.45) is 17.8 Å². The molecule has 24 heavy (non-hydrogen) atoms. The molecule has 1 amide bonds. The summed E-state index contributed by atoms with van der Waals surface area (Å²) in [5, 5.41) is 11.1. The van der Waals surface area contributed by atoms with E-state index in [-0.39, 0.29) is 47.3 Å². The Morgan fingerprint density at radius 1 is 1.33 bits per heavy atom. The number of amides is 1. The number of rotatable bonds is 3. The van der Waals surface area contributed by atoms with Crippen molar-refractivity contribution in [3.63, 3.8) is 0 Å². The lowest BCUT2D eigenvalue weighted by atomic mass is 9.88. The molecule has 128 valence electrons. The maximum atomic E-state index is 12.7. The second-order valence-electron chi connectivity index (χ2n) is 7.47. The summed E-state index contributed by atoms with van der Waals surface area (Å²) in [5.74, 6) is 0.0705. The molecule has 3 aliphatic rings. The molecule has 1 saturated carbocycles. The Hall–Kier alpha value is -1.95. The second kappa shape index (κ2) is 5.28. The Bertz CT molecular complexity index is 679. The zero-order valence-corrected chi connectivity index (χ0v) is 13.9. The van der Waals surface area contributed by atoms with Crippen molar-refractivity contribution in [2.45, 2.75) is 44.6 Å². The highest BCUT2D eigenvalue weighted by molar-refractivity contribution is 5.81. The molecule has 1 aliphatic carbocycles. The molecule has 2 heterocycles. The highest BCUT2D eigenvalue weighted by Crippen LogP contribution is 2.60. The van der Waals surface area contributed by atoms with Crippen LogP contribution in [0, 0.1) is 27.9 Å². The van der Waals surface area contributed by atoms with Crippen LogP contribution in [0.2, 0.25) is 0 Å². The van der Waals surface area contributed by atoms with E-state index in [0.717, 1.165) is 5.56 Å². The maximum Gasteiger partial charge on any atom is 0.225 e. The zero-order valence-electron chi connectivity index (χ0n) is 13.9. The van der Waals surface area contributed by atoms with E-state index in [1.807, 2.05) is 49.1 Å². The van der Waals surface area contributed by atoms with E-state index < -0.39 is 5.72 Å². The fourth-order valence-corrected chi connectivity index (χ4v) is 5.27. The van der Waals surface area contributed by atoms with Gasteiger partial charge in [-0.1, -0.05) is 37.3 Å². The van der Waals surface area contributed by atoms with Crippen LogP contribution in [-0.4, -0.2) is 34.0 Å². The monoisotopic (exact) mass is 330 g/mol. The predicted molar refractivity (Wildman–Crippen MR) is 86.5 cm³/mol. The van der Waals surface area contributed by atoms with Gasteiger partial charge in [0.25, 0.3) is 0 Å². The summed E-state index contributed by atoms with van der Waals surface area (Å²) in [4.78, 5) is 25.4. The first-order valence-corrected chi connectivity index (χ1v) is 8.61. The molecule has 2 aliphatic heterocycles. The van der Waals surface area contributed by atoms with E-state index in [2.05, 4.69) is 0 Å². The number of ether oxygens (including phenoxy) is 1. The molecule has 0 bridgehead atoms. The van der Waals surface area contributed by atoms with E-state index >= 15 is 0 Å². The molecular weight excluding hydrogens is 308 g/mol. The maximum absolute atomic E-state index is 12.7. The summed E-state index contributed by atoms with van der Waals surface area (Å²) in [5.41, 5.74) is 0.405. The van der Waals surface area contributed by atoms with Crippen molar-refractivity contribution < 1.29 is 14.5 Å². The number of benzene rings is 1.